The maximum Gasteiger partial charge on any atom is 0.273 e. The van der Waals surface area contributed by atoms with Gasteiger partial charge in [-0.1, -0.05) is 56.8 Å². The first-order valence-corrected chi connectivity index (χ1v) is 13.7. The molecule has 3 heterocycles. The molecule has 188 valence electrons. The fourth-order valence-corrected chi connectivity index (χ4v) is 5.57. The Hall–Kier alpha value is -2.15. The first-order valence-electron chi connectivity index (χ1n) is 12.2. The zero-order valence-corrected chi connectivity index (χ0v) is 23.9. The van der Waals surface area contributed by atoms with Crippen molar-refractivity contribution in [3.63, 3.8) is 0 Å². The van der Waals surface area contributed by atoms with E-state index in [9.17, 15) is 4.79 Å². The van der Waals surface area contributed by atoms with Gasteiger partial charge in [0.15, 0.2) is 5.84 Å². The Kier molecular flexibility index (Phi) is 8.84. The summed E-state index contributed by atoms with van der Waals surface area (Å²) < 4.78 is 1.86. The SMILES string of the molecule is CC.CCCCCc1ccc(-c2c(C)c(C3=NC(=O)C(C)(C)N3C)nn2-c2ccc(Cl)cc2Cl)s1. The van der Waals surface area contributed by atoms with Crippen molar-refractivity contribution in [1.82, 2.24) is 14.7 Å². The number of carbonyl (C=O) groups is 1. The highest BCUT2D eigenvalue weighted by Crippen LogP contribution is 2.38. The van der Waals surface area contributed by atoms with E-state index in [1.807, 2.05) is 57.3 Å². The minimum absolute atomic E-state index is 0.172. The monoisotopic (exact) mass is 532 g/mol. The van der Waals surface area contributed by atoms with Crippen LogP contribution in [0.4, 0.5) is 0 Å². The summed E-state index contributed by atoms with van der Waals surface area (Å²) in [6, 6.07) is 9.74. The Balaban J connectivity index is 0.00000167. The van der Waals surface area contributed by atoms with E-state index < -0.39 is 5.54 Å². The molecule has 8 heteroatoms. The molecule has 0 N–H and O–H groups in total. The third-order valence-corrected chi connectivity index (χ3v) is 7.97. The lowest BCUT2D eigenvalue weighted by atomic mass is 10.0. The molecule has 5 nitrogen and oxygen atoms in total. The first-order chi connectivity index (χ1) is 16.6. The van der Waals surface area contributed by atoms with E-state index in [1.54, 1.807) is 23.5 Å². The maximum atomic E-state index is 12.6. The Morgan fingerprint density at radius 2 is 1.80 bits per heavy atom. The molecule has 4 rings (SSSR count). The van der Waals surface area contributed by atoms with E-state index in [2.05, 4.69) is 24.0 Å². The summed E-state index contributed by atoms with van der Waals surface area (Å²) in [5.41, 5.74) is 2.61. The third kappa shape index (κ3) is 5.35. The topological polar surface area (TPSA) is 50.5 Å². The number of benzene rings is 1. The number of aromatic nitrogens is 2. The molecule has 1 aliphatic rings. The van der Waals surface area contributed by atoms with Crippen LogP contribution in [0.3, 0.4) is 0 Å². The predicted molar refractivity (Wildman–Crippen MR) is 150 cm³/mol. The van der Waals surface area contributed by atoms with Crippen LogP contribution in [0.1, 0.15) is 70.0 Å². The van der Waals surface area contributed by atoms with Gasteiger partial charge in [-0.05, 0) is 63.9 Å². The molecule has 0 aliphatic carbocycles. The van der Waals surface area contributed by atoms with Gasteiger partial charge in [0, 0.05) is 22.5 Å². The van der Waals surface area contributed by atoms with E-state index in [0.717, 1.165) is 28.2 Å². The van der Waals surface area contributed by atoms with Crippen LogP contribution in [-0.4, -0.2) is 39.0 Å². The lowest BCUT2D eigenvalue weighted by molar-refractivity contribution is -0.123. The molecule has 0 spiro atoms. The molecule has 0 saturated carbocycles. The van der Waals surface area contributed by atoms with Gasteiger partial charge in [0.1, 0.15) is 11.2 Å². The second-order valence-corrected chi connectivity index (χ2v) is 10.9. The number of aliphatic imine (C=N–C) groups is 1. The van der Waals surface area contributed by atoms with Crippen LogP contribution >= 0.6 is 34.5 Å². The van der Waals surface area contributed by atoms with Gasteiger partial charge in [-0.3, -0.25) is 4.79 Å². The fraction of sp³-hybridized carbons (Fsp3) is 0.444. The summed E-state index contributed by atoms with van der Waals surface area (Å²) >= 11 is 14.5. The molecule has 1 aromatic carbocycles. The smallest absolute Gasteiger partial charge is 0.273 e. The Labute approximate surface area is 222 Å². The molecular formula is C27H34Cl2N4OS. The summed E-state index contributed by atoms with van der Waals surface area (Å²) in [6.07, 6.45) is 4.68. The van der Waals surface area contributed by atoms with Gasteiger partial charge in [0.25, 0.3) is 5.91 Å². The van der Waals surface area contributed by atoms with Crippen molar-refractivity contribution in [2.24, 2.45) is 4.99 Å². The third-order valence-electron chi connectivity index (χ3n) is 6.28. The lowest BCUT2D eigenvalue weighted by Crippen LogP contribution is -2.44. The summed E-state index contributed by atoms with van der Waals surface area (Å²) in [7, 11) is 1.88. The average molecular weight is 534 g/mol. The second kappa shape index (κ2) is 11.3. The second-order valence-electron chi connectivity index (χ2n) is 8.91. The van der Waals surface area contributed by atoms with Gasteiger partial charge in [0.05, 0.1) is 21.3 Å². The number of aryl methyl sites for hydroxylation is 1. The summed E-state index contributed by atoms with van der Waals surface area (Å²) in [4.78, 5) is 21.3. The molecule has 1 amide bonds. The van der Waals surface area contributed by atoms with E-state index in [4.69, 9.17) is 28.3 Å². The highest BCUT2D eigenvalue weighted by Gasteiger charge is 2.42. The van der Waals surface area contributed by atoms with Crippen molar-refractivity contribution in [2.45, 2.75) is 72.8 Å². The number of rotatable bonds is 7. The number of thiophene rings is 1. The number of amides is 1. The van der Waals surface area contributed by atoms with Gasteiger partial charge < -0.3 is 4.90 Å². The quantitative estimate of drug-likeness (QED) is 0.290. The van der Waals surface area contributed by atoms with E-state index in [-0.39, 0.29) is 5.91 Å². The minimum atomic E-state index is -0.709. The van der Waals surface area contributed by atoms with Gasteiger partial charge in [-0.25, -0.2) is 4.68 Å². The number of hydrogen-bond acceptors (Lipinski definition) is 4. The Morgan fingerprint density at radius 3 is 2.40 bits per heavy atom. The van der Waals surface area contributed by atoms with Crippen molar-refractivity contribution in [2.75, 3.05) is 7.05 Å². The minimum Gasteiger partial charge on any atom is -0.343 e. The molecular weight excluding hydrogens is 499 g/mol. The standard InChI is InChI=1S/C25H28Cl2N4OS.C2H6/c1-6-7-8-9-17-11-13-20(33-17)22-15(2)21(23-28-24(32)25(3,4)30(23)5)29-31(22)19-12-10-16(26)14-18(19)27;1-2/h10-14H,6-9H2,1-5H3;1-2H3. The zero-order chi connectivity index (χ0) is 25.9. The van der Waals surface area contributed by atoms with Gasteiger partial charge in [0.2, 0.25) is 0 Å². The predicted octanol–water partition coefficient (Wildman–Crippen LogP) is 7.97. The molecule has 35 heavy (non-hydrogen) atoms. The molecule has 0 radical (unpaired) electrons. The molecule has 3 aromatic rings. The molecule has 0 unspecified atom stereocenters. The van der Waals surface area contributed by atoms with Crippen LogP contribution in [0, 0.1) is 6.92 Å². The van der Waals surface area contributed by atoms with Crippen LogP contribution in [0.25, 0.3) is 16.3 Å². The average Bonchev–Trinajstić information content (AvgIpc) is 3.47. The highest BCUT2D eigenvalue weighted by molar-refractivity contribution is 7.15. The molecule has 2 aromatic heterocycles. The normalized spacial score (nSPS) is 14.7. The van der Waals surface area contributed by atoms with Crippen LogP contribution in [0.5, 0.6) is 0 Å². The largest absolute Gasteiger partial charge is 0.343 e. The number of unbranched alkanes of at least 4 members (excludes halogenated alkanes) is 2. The number of halogens is 2. The lowest BCUT2D eigenvalue weighted by Gasteiger charge is -2.27. The molecule has 0 fully saturated rings. The molecule has 0 atom stereocenters. The van der Waals surface area contributed by atoms with Crippen LogP contribution in [-0.2, 0) is 11.2 Å². The summed E-state index contributed by atoms with van der Waals surface area (Å²) in [5, 5.41) is 6.01. The molecule has 1 aliphatic heterocycles. The molecule has 0 saturated heterocycles. The zero-order valence-electron chi connectivity index (χ0n) is 21.6. The van der Waals surface area contributed by atoms with Crippen molar-refractivity contribution >= 4 is 46.3 Å². The van der Waals surface area contributed by atoms with Gasteiger partial charge in [-0.15, -0.1) is 11.3 Å². The molecule has 0 bridgehead atoms. The van der Waals surface area contributed by atoms with E-state index in [0.29, 0.717) is 21.6 Å². The number of likely N-dealkylation sites (N-methyl/N-ethyl adjacent to an activating group) is 1. The fourth-order valence-electron chi connectivity index (χ4n) is 3.94. The van der Waals surface area contributed by atoms with Crippen LogP contribution < -0.4 is 0 Å². The number of nitrogens with zero attached hydrogens (tertiary/aromatic N) is 4. The first kappa shape index (κ1) is 27.4. The number of hydrogen-bond donors (Lipinski definition) is 0. The van der Waals surface area contributed by atoms with Crippen molar-refractivity contribution < 1.29 is 4.79 Å². The summed E-state index contributed by atoms with van der Waals surface area (Å²) in [6.45, 7) is 12.0. The Bertz CT molecular complexity index is 1240. The van der Waals surface area contributed by atoms with Crippen molar-refractivity contribution in [3.05, 3.63) is 56.5 Å². The van der Waals surface area contributed by atoms with Crippen LogP contribution in [0.15, 0.2) is 35.3 Å². The maximum absolute atomic E-state index is 12.6. The Morgan fingerprint density at radius 1 is 1.09 bits per heavy atom. The summed E-state index contributed by atoms with van der Waals surface area (Å²) in [5.74, 6) is 0.404. The number of amidine groups is 1. The van der Waals surface area contributed by atoms with Crippen molar-refractivity contribution in [3.8, 4) is 16.3 Å². The van der Waals surface area contributed by atoms with Gasteiger partial charge >= 0.3 is 0 Å². The van der Waals surface area contributed by atoms with Crippen LogP contribution in [0.2, 0.25) is 10.0 Å². The van der Waals surface area contributed by atoms with Crippen molar-refractivity contribution in [1.29, 1.82) is 0 Å². The highest BCUT2D eigenvalue weighted by atomic mass is 35.5. The number of carbonyl (C=O) groups excluding carboxylic acids is 1. The van der Waals surface area contributed by atoms with Gasteiger partial charge in [-0.2, -0.15) is 10.1 Å². The van der Waals surface area contributed by atoms with E-state index in [1.165, 1.54) is 24.1 Å². The van der Waals surface area contributed by atoms with E-state index >= 15 is 0 Å².